The molecule has 2 amide bonds. The van der Waals surface area contributed by atoms with Gasteiger partial charge >= 0.3 is 12.0 Å². The minimum Gasteiger partial charge on any atom is -0.480 e. The molecule has 0 aromatic rings. The van der Waals surface area contributed by atoms with Crippen LogP contribution in [0.1, 0.15) is 26.2 Å². The Morgan fingerprint density at radius 3 is 2.61 bits per heavy atom. The second kappa shape index (κ2) is 7.92. The zero-order valence-corrected chi connectivity index (χ0v) is 10.9. The van der Waals surface area contributed by atoms with Crippen LogP contribution >= 0.6 is 0 Å². The standard InChI is InChI=1S/C12H22N2O4/c1-2-10-3-6-14(7-4-10)12(17)13-5-8-18-9-11(15)16/h10H,2-9H2,1H3,(H,13,17)(H,15,16). The molecular formula is C12H22N2O4. The van der Waals surface area contributed by atoms with E-state index in [1.54, 1.807) is 0 Å². The van der Waals surface area contributed by atoms with E-state index in [0.717, 1.165) is 31.8 Å². The lowest BCUT2D eigenvalue weighted by Crippen LogP contribution is -2.45. The van der Waals surface area contributed by atoms with Gasteiger partial charge in [-0.1, -0.05) is 13.3 Å². The Morgan fingerprint density at radius 2 is 2.06 bits per heavy atom. The summed E-state index contributed by atoms with van der Waals surface area (Å²) < 4.78 is 4.83. The van der Waals surface area contributed by atoms with Gasteiger partial charge in [0.15, 0.2) is 0 Å². The summed E-state index contributed by atoms with van der Waals surface area (Å²) in [5.41, 5.74) is 0. The van der Waals surface area contributed by atoms with Gasteiger partial charge in [-0.05, 0) is 18.8 Å². The maximum Gasteiger partial charge on any atom is 0.329 e. The van der Waals surface area contributed by atoms with E-state index in [4.69, 9.17) is 9.84 Å². The highest BCUT2D eigenvalue weighted by molar-refractivity contribution is 5.74. The average molecular weight is 258 g/mol. The number of nitrogens with one attached hydrogen (secondary N) is 1. The molecule has 1 aliphatic rings. The molecule has 0 atom stereocenters. The van der Waals surface area contributed by atoms with Crippen molar-refractivity contribution in [2.45, 2.75) is 26.2 Å². The number of likely N-dealkylation sites (tertiary alicyclic amines) is 1. The van der Waals surface area contributed by atoms with Crippen LogP contribution in [0.5, 0.6) is 0 Å². The maximum absolute atomic E-state index is 11.7. The lowest BCUT2D eigenvalue weighted by Gasteiger charge is -2.31. The second-order valence-corrected chi connectivity index (χ2v) is 4.52. The molecule has 0 aliphatic carbocycles. The van der Waals surface area contributed by atoms with E-state index in [0.29, 0.717) is 6.54 Å². The molecular weight excluding hydrogens is 236 g/mol. The highest BCUT2D eigenvalue weighted by Gasteiger charge is 2.21. The first-order valence-electron chi connectivity index (χ1n) is 6.45. The van der Waals surface area contributed by atoms with E-state index < -0.39 is 5.97 Å². The van der Waals surface area contributed by atoms with Crippen molar-refractivity contribution in [3.8, 4) is 0 Å². The number of carbonyl (C=O) groups excluding carboxylic acids is 1. The highest BCUT2D eigenvalue weighted by Crippen LogP contribution is 2.19. The van der Waals surface area contributed by atoms with E-state index in [9.17, 15) is 9.59 Å². The van der Waals surface area contributed by atoms with Crippen molar-refractivity contribution in [2.24, 2.45) is 5.92 Å². The molecule has 0 bridgehead atoms. The van der Waals surface area contributed by atoms with E-state index in [1.165, 1.54) is 6.42 Å². The van der Waals surface area contributed by atoms with Crippen molar-refractivity contribution in [3.05, 3.63) is 0 Å². The normalized spacial score (nSPS) is 16.6. The molecule has 104 valence electrons. The minimum atomic E-state index is -0.997. The summed E-state index contributed by atoms with van der Waals surface area (Å²) in [6, 6.07) is -0.0801. The van der Waals surface area contributed by atoms with Gasteiger partial charge in [0.05, 0.1) is 6.61 Å². The quantitative estimate of drug-likeness (QED) is 0.694. The topological polar surface area (TPSA) is 78.9 Å². The summed E-state index contributed by atoms with van der Waals surface area (Å²) in [7, 11) is 0. The van der Waals surface area contributed by atoms with Crippen molar-refractivity contribution < 1.29 is 19.4 Å². The number of carboxylic acid groups (broad SMARTS) is 1. The van der Waals surface area contributed by atoms with Crippen LogP contribution in [0, 0.1) is 5.92 Å². The van der Waals surface area contributed by atoms with Gasteiger partial charge in [0.25, 0.3) is 0 Å². The van der Waals surface area contributed by atoms with Gasteiger partial charge in [-0.25, -0.2) is 9.59 Å². The summed E-state index contributed by atoms with van der Waals surface area (Å²) in [6.45, 7) is 4.04. The molecule has 0 saturated carbocycles. The predicted octanol–water partition coefficient (Wildman–Crippen LogP) is 0.919. The first-order valence-corrected chi connectivity index (χ1v) is 6.45. The number of urea groups is 1. The molecule has 0 aromatic heterocycles. The van der Waals surface area contributed by atoms with Gasteiger partial charge in [-0.15, -0.1) is 0 Å². The number of rotatable bonds is 6. The molecule has 2 N–H and O–H groups in total. The Morgan fingerprint density at radius 1 is 1.39 bits per heavy atom. The summed E-state index contributed by atoms with van der Waals surface area (Å²) in [6.07, 6.45) is 3.32. The maximum atomic E-state index is 11.7. The third-order valence-corrected chi connectivity index (χ3v) is 3.23. The predicted molar refractivity (Wildman–Crippen MR) is 66.4 cm³/mol. The molecule has 0 aromatic carbocycles. The van der Waals surface area contributed by atoms with Crippen LogP contribution in [0.4, 0.5) is 4.79 Å². The number of ether oxygens (including phenoxy) is 1. The molecule has 1 fully saturated rings. The van der Waals surface area contributed by atoms with Crippen LogP contribution in [0.2, 0.25) is 0 Å². The molecule has 0 unspecified atom stereocenters. The molecule has 6 nitrogen and oxygen atoms in total. The van der Waals surface area contributed by atoms with Crippen LogP contribution in [0.15, 0.2) is 0 Å². The monoisotopic (exact) mass is 258 g/mol. The summed E-state index contributed by atoms with van der Waals surface area (Å²) >= 11 is 0. The summed E-state index contributed by atoms with van der Waals surface area (Å²) in [5.74, 6) is -0.254. The van der Waals surface area contributed by atoms with Gasteiger partial charge in [0.1, 0.15) is 6.61 Å². The third kappa shape index (κ3) is 5.35. The fourth-order valence-corrected chi connectivity index (χ4v) is 2.05. The van der Waals surface area contributed by atoms with Crippen LogP contribution in [-0.2, 0) is 9.53 Å². The second-order valence-electron chi connectivity index (χ2n) is 4.52. The van der Waals surface area contributed by atoms with Gasteiger partial charge in [-0.2, -0.15) is 0 Å². The molecule has 0 spiro atoms. The molecule has 1 saturated heterocycles. The van der Waals surface area contributed by atoms with Crippen LogP contribution in [-0.4, -0.2) is 54.9 Å². The van der Waals surface area contributed by atoms with Crippen LogP contribution in [0.25, 0.3) is 0 Å². The molecule has 6 heteroatoms. The number of aliphatic carboxylic acids is 1. The molecule has 0 radical (unpaired) electrons. The van der Waals surface area contributed by atoms with Gasteiger partial charge in [0.2, 0.25) is 0 Å². The number of carboxylic acids is 1. The number of hydrogen-bond acceptors (Lipinski definition) is 3. The van der Waals surface area contributed by atoms with E-state index in [2.05, 4.69) is 12.2 Å². The molecule has 18 heavy (non-hydrogen) atoms. The Bertz CT molecular complexity index is 275. The largest absolute Gasteiger partial charge is 0.480 e. The number of carbonyl (C=O) groups is 2. The SMILES string of the molecule is CCC1CCN(C(=O)NCCOCC(=O)O)CC1. The average Bonchev–Trinajstić information content (AvgIpc) is 2.38. The van der Waals surface area contributed by atoms with Crippen molar-refractivity contribution in [1.82, 2.24) is 10.2 Å². The lowest BCUT2D eigenvalue weighted by molar-refractivity contribution is -0.142. The van der Waals surface area contributed by atoms with Crippen LogP contribution in [0.3, 0.4) is 0 Å². The van der Waals surface area contributed by atoms with Crippen molar-refractivity contribution in [3.63, 3.8) is 0 Å². The number of nitrogens with zero attached hydrogens (tertiary/aromatic N) is 1. The van der Waals surface area contributed by atoms with Crippen molar-refractivity contribution in [2.75, 3.05) is 32.8 Å². The zero-order chi connectivity index (χ0) is 13.4. The molecule has 1 aliphatic heterocycles. The Balaban J connectivity index is 2.08. The summed E-state index contributed by atoms with van der Waals surface area (Å²) in [5, 5.41) is 11.1. The van der Waals surface area contributed by atoms with Gasteiger partial charge in [0, 0.05) is 19.6 Å². The molecule has 1 heterocycles. The van der Waals surface area contributed by atoms with Crippen molar-refractivity contribution >= 4 is 12.0 Å². The highest BCUT2D eigenvalue weighted by atomic mass is 16.5. The Hall–Kier alpha value is -1.30. The van der Waals surface area contributed by atoms with Crippen molar-refractivity contribution in [1.29, 1.82) is 0 Å². The lowest BCUT2D eigenvalue weighted by atomic mass is 9.95. The first-order chi connectivity index (χ1) is 8.63. The number of piperidine rings is 1. The fourth-order valence-electron chi connectivity index (χ4n) is 2.05. The van der Waals surface area contributed by atoms with E-state index >= 15 is 0 Å². The van der Waals surface area contributed by atoms with Gasteiger partial charge < -0.3 is 20.1 Å². The third-order valence-electron chi connectivity index (χ3n) is 3.23. The first kappa shape index (κ1) is 14.8. The van der Waals surface area contributed by atoms with E-state index in [-0.39, 0.29) is 19.2 Å². The number of amides is 2. The Labute approximate surface area is 107 Å². The fraction of sp³-hybridized carbons (Fsp3) is 0.833. The minimum absolute atomic E-state index is 0.0801. The molecule has 1 rings (SSSR count). The Kier molecular flexibility index (Phi) is 6.49. The zero-order valence-electron chi connectivity index (χ0n) is 10.9. The van der Waals surface area contributed by atoms with E-state index in [1.807, 2.05) is 4.90 Å². The number of hydrogen-bond donors (Lipinski definition) is 2. The summed E-state index contributed by atoms with van der Waals surface area (Å²) in [4.78, 5) is 23.7. The van der Waals surface area contributed by atoms with Crippen LogP contribution < -0.4 is 5.32 Å². The van der Waals surface area contributed by atoms with Gasteiger partial charge in [-0.3, -0.25) is 0 Å². The smallest absolute Gasteiger partial charge is 0.329 e.